The molecule has 0 radical (unpaired) electrons. The van der Waals surface area contributed by atoms with Crippen LogP contribution in [0.1, 0.15) is 20.8 Å². The molecule has 0 saturated carbocycles. The van der Waals surface area contributed by atoms with Crippen LogP contribution in [-0.4, -0.2) is 17.7 Å². The Morgan fingerprint density at radius 2 is 2.38 bits per heavy atom. The summed E-state index contributed by atoms with van der Waals surface area (Å²) in [6.07, 6.45) is 0.707. The van der Waals surface area contributed by atoms with Crippen LogP contribution in [0.4, 0.5) is 0 Å². The molecule has 1 aromatic rings. The lowest BCUT2D eigenvalue weighted by atomic mass is 10.1. The van der Waals surface area contributed by atoms with Gasteiger partial charge in [-0.15, -0.1) is 11.3 Å². The number of carboxylic acids is 1. The second-order valence-corrected chi connectivity index (χ2v) is 5.18. The fourth-order valence-electron chi connectivity index (χ4n) is 1.41. The Balaban J connectivity index is 2.54. The number of carbonyl (C=O) groups is 1. The van der Waals surface area contributed by atoms with E-state index in [1.54, 1.807) is 0 Å². The summed E-state index contributed by atoms with van der Waals surface area (Å²) >= 11 is 4.72. The molecule has 2 heterocycles. The van der Waals surface area contributed by atoms with Crippen LogP contribution < -0.4 is 0 Å². The molecule has 0 bridgehead atoms. The van der Waals surface area contributed by atoms with E-state index < -0.39 is 5.97 Å². The summed E-state index contributed by atoms with van der Waals surface area (Å²) in [6.45, 7) is 1.17. The van der Waals surface area contributed by atoms with Crippen LogP contribution in [0, 0.1) is 0 Å². The van der Waals surface area contributed by atoms with Gasteiger partial charge in [0, 0.05) is 4.88 Å². The highest BCUT2D eigenvalue weighted by atomic mass is 79.9. The van der Waals surface area contributed by atoms with Gasteiger partial charge in [0.15, 0.2) is 0 Å². The van der Waals surface area contributed by atoms with Gasteiger partial charge in [-0.1, -0.05) is 0 Å². The fraction of sp³-hybridized carbons (Fsp3) is 0.375. The molecule has 1 aliphatic heterocycles. The number of fused-ring (bicyclic) bond motifs is 1. The highest BCUT2D eigenvalue weighted by Gasteiger charge is 2.23. The fourth-order valence-corrected chi connectivity index (χ4v) is 3.41. The molecule has 0 unspecified atom stereocenters. The van der Waals surface area contributed by atoms with Crippen LogP contribution in [-0.2, 0) is 17.8 Å². The normalized spacial score (nSPS) is 15.5. The molecule has 2 rings (SSSR count). The third-order valence-corrected chi connectivity index (χ3v) is 3.87. The lowest BCUT2D eigenvalue weighted by molar-refractivity contribution is 0.0691. The van der Waals surface area contributed by atoms with E-state index in [4.69, 9.17) is 9.84 Å². The molecule has 1 N–H and O–H groups in total. The molecular formula is C8H7BrO3S. The van der Waals surface area contributed by atoms with Gasteiger partial charge < -0.3 is 9.84 Å². The molecule has 1 aliphatic rings. The Bertz CT molecular complexity index is 359. The van der Waals surface area contributed by atoms with Crippen molar-refractivity contribution in [3.63, 3.8) is 0 Å². The molecule has 0 amide bonds. The van der Waals surface area contributed by atoms with Crippen LogP contribution in [0.3, 0.4) is 0 Å². The molecular weight excluding hydrogens is 256 g/mol. The molecule has 70 valence electrons. The lowest BCUT2D eigenvalue weighted by Gasteiger charge is -2.11. The number of thiophene rings is 1. The van der Waals surface area contributed by atoms with Crippen molar-refractivity contribution in [3.8, 4) is 0 Å². The largest absolute Gasteiger partial charge is 0.478 e. The summed E-state index contributed by atoms with van der Waals surface area (Å²) in [5, 5.41) is 8.95. The predicted octanol–water partition coefficient (Wildman–Crippen LogP) is 2.28. The first kappa shape index (κ1) is 9.18. The monoisotopic (exact) mass is 262 g/mol. The van der Waals surface area contributed by atoms with Crippen molar-refractivity contribution in [1.29, 1.82) is 0 Å². The summed E-state index contributed by atoms with van der Waals surface area (Å²) in [5.41, 5.74) is 1.36. The second kappa shape index (κ2) is 3.40. The number of hydrogen-bond donors (Lipinski definition) is 1. The lowest BCUT2D eigenvalue weighted by Crippen LogP contribution is -2.10. The predicted molar refractivity (Wildman–Crippen MR) is 52.3 cm³/mol. The summed E-state index contributed by atoms with van der Waals surface area (Å²) in [4.78, 5) is 11.9. The number of halogens is 1. The minimum atomic E-state index is -0.855. The zero-order chi connectivity index (χ0) is 9.42. The van der Waals surface area contributed by atoms with Gasteiger partial charge in [-0.2, -0.15) is 0 Å². The molecule has 0 aliphatic carbocycles. The van der Waals surface area contributed by atoms with E-state index in [0.717, 1.165) is 10.4 Å². The Labute approximate surface area is 87.5 Å². The first-order valence-corrected chi connectivity index (χ1v) is 5.42. The van der Waals surface area contributed by atoms with E-state index in [9.17, 15) is 4.79 Å². The van der Waals surface area contributed by atoms with Crippen molar-refractivity contribution >= 4 is 33.2 Å². The molecule has 0 aromatic carbocycles. The van der Waals surface area contributed by atoms with Crippen LogP contribution >= 0.6 is 27.3 Å². The Kier molecular flexibility index (Phi) is 2.40. The van der Waals surface area contributed by atoms with E-state index in [2.05, 4.69) is 15.9 Å². The first-order chi connectivity index (χ1) is 6.20. The van der Waals surface area contributed by atoms with E-state index in [0.29, 0.717) is 29.0 Å². The van der Waals surface area contributed by atoms with Crippen LogP contribution in [0.2, 0.25) is 0 Å². The van der Waals surface area contributed by atoms with Crippen LogP contribution in [0.15, 0.2) is 3.79 Å². The number of aromatic carboxylic acids is 1. The molecule has 0 saturated heterocycles. The maximum atomic E-state index is 10.9. The third kappa shape index (κ3) is 1.51. The summed E-state index contributed by atoms with van der Waals surface area (Å²) < 4.78 is 5.94. The maximum Gasteiger partial charge on any atom is 0.338 e. The van der Waals surface area contributed by atoms with Gasteiger partial charge in [0.25, 0.3) is 0 Å². The minimum Gasteiger partial charge on any atom is -0.478 e. The summed E-state index contributed by atoms with van der Waals surface area (Å²) in [5.74, 6) is -0.855. The van der Waals surface area contributed by atoms with Gasteiger partial charge in [-0.25, -0.2) is 4.79 Å². The molecule has 0 spiro atoms. The molecule has 5 heteroatoms. The molecule has 0 atom stereocenters. The highest BCUT2D eigenvalue weighted by Crippen LogP contribution is 2.35. The minimum absolute atomic E-state index is 0.420. The number of hydrogen-bond acceptors (Lipinski definition) is 3. The van der Waals surface area contributed by atoms with Gasteiger partial charge >= 0.3 is 5.97 Å². The van der Waals surface area contributed by atoms with Crippen molar-refractivity contribution in [2.45, 2.75) is 13.0 Å². The quantitative estimate of drug-likeness (QED) is 0.845. The van der Waals surface area contributed by atoms with Gasteiger partial charge in [-0.05, 0) is 27.9 Å². The van der Waals surface area contributed by atoms with Crippen LogP contribution in [0.25, 0.3) is 0 Å². The number of ether oxygens (including phenoxy) is 1. The van der Waals surface area contributed by atoms with E-state index in [-0.39, 0.29) is 0 Å². The highest BCUT2D eigenvalue weighted by molar-refractivity contribution is 9.11. The van der Waals surface area contributed by atoms with E-state index in [1.807, 2.05) is 0 Å². The smallest absolute Gasteiger partial charge is 0.338 e. The molecule has 1 aromatic heterocycles. The Morgan fingerprint density at radius 3 is 3.08 bits per heavy atom. The third-order valence-electron chi connectivity index (χ3n) is 1.99. The van der Waals surface area contributed by atoms with Crippen molar-refractivity contribution < 1.29 is 14.6 Å². The SMILES string of the molecule is O=C(O)c1c(Br)sc2c1CCOC2. The number of carboxylic acid groups (broad SMARTS) is 1. The van der Waals surface area contributed by atoms with Gasteiger partial charge in [0.1, 0.15) is 0 Å². The summed E-state index contributed by atoms with van der Waals surface area (Å²) in [6, 6.07) is 0. The van der Waals surface area contributed by atoms with Crippen molar-refractivity contribution in [2.75, 3.05) is 6.61 Å². The van der Waals surface area contributed by atoms with Crippen molar-refractivity contribution in [1.82, 2.24) is 0 Å². The second-order valence-electron chi connectivity index (χ2n) is 2.76. The zero-order valence-electron chi connectivity index (χ0n) is 6.67. The topological polar surface area (TPSA) is 46.5 Å². The van der Waals surface area contributed by atoms with E-state index >= 15 is 0 Å². The average Bonchev–Trinajstić information content (AvgIpc) is 2.39. The Morgan fingerprint density at radius 1 is 1.62 bits per heavy atom. The van der Waals surface area contributed by atoms with Gasteiger partial charge in [0.05, 0.1) is 22.6 Å². The Hall–Kier alpha value is -0.390. The van der Waals surface area contributed by atoms with Crippen molar-refractivity contribution in [3.05, 3.63) is 19.8 Å². The first-order valence-electron chi connectivity index (χ1n) is 3.81. The zero-order valence-corrected chi connectivity index (χ0v) is 9.07. The van der Waals surface area contributed by atoms with Crippen molar-refractivity contribution in [2.24, 2.45) is 0 Å². The average molecular weight is 263 g/mol. The maximum absolute atomic E-state index is 10.9. The molecule has 13 heavy (non-hydrogen) atoms. The standard InChI is InChI=1S/C8H7BrO3S/c9-7-6(8(10)11)4-1-2-12-3-5(4)13-7/h1-3H2,(H,10,11). The van der Waals surface area contributed by atoms with Crippen LogP contribution in [0.5, 0.6) is 0 Å². The van der Waals surface area contributed by atoms with E-state index in [1.165, 1.54) is 11.3 Å². The molecule has 3 nitrogen and oxygen atoms in total. The van der Waals surface area contributed by atoms with Gasteiger partial charge in [0.2, 0.25) is 0 Å². The number of rotatable bonds is 1. The van der Waals surface area contributed by atoms with Gasteiger partial charge in [-0.3, -0.25) is 0 Å². The summed E-state index contributed by atoms with van der Waals surface area (Å²) in [7, 11) is 0. The molecule has 0 fully saturated rings.